The molecule has 1 aliphatic heterocycles. The van der Waals surface area contributed by atoms with E-state index in [0.29, 0.717) is 11.9 Å². The van der Waals surface area contributed by atoms with Crippen molar-refractivity contribution in [1.82, 2.24) is 24.6 Å². The van der Waals surface area contributed by atoms with E-state index in [2.05, 4.69) is 20.3 Å². The average Bonchev–Trinajstić information content (AvgIpc) is 3.45. The highest BCUT2D eigenvalue weighted by Crippen LogP contribution is 2.31. The summed E-state index contributed by atoms with van der Waals surface area (Å²) >= 11 is 0. The van der Waals surface area contributed by atoms with Crippen LogP contribution in [0.3, 0.4) is 0 Å². The monoisotopic (exact) mass is 454 g/mol. The van der Waals surface area contributed by atoms with Crippen LogP contribution in [0.25, 0.3) is 11.0 Å². The van der Waals surface area contributed by atoms with Crippen LogP contribution in [-0.4, -0.2) is 58.5 Å². The molecule has 1 N–H and O–H groups in total. The van der Waals surface area contributed by atoms with Crippen molar-refractivity contribution in [2.45, 2.75) is 56.0 Å². The maximum atomic E-state index is 11.6. The molecule has 32 heavy (non-hydrogen) atoms. The van der Waals surface area contributed by atoms with Crippen molar-refractivity contribution in [1.29, 1.82) is 0 Å². The van der Waals surface area contributed by atoms with Gasteiger partial charge in [0, 0.05) is 30.7 Å². The molecular formula is C23H30N6O2S. The molecule has 1 aromatic carbocycles. The fourth-order valence-electron chi connectivity index (χ4n) is 5.02. The number of likely N-dealkylation sites (tertiary alicyclic amines) is 1. The number of nitrogens with one attached hydrogen (secondary N) is 1. The van der Waals surface area contributed by atoms with Crippen LogP contribution in [0.5, 0.6) is 0 Å². The van der Waals surface area contributed by atoms with Gasteiger partial charge in [-0.2, -0.15) is 10.1 Å². The molecule has 3 heterocycles. The Bertz CT molecular complexity index is 1180. The molecule has 8 nitrogen and oxygen atoms in total. The van der Waals surface area contributed by atoms with Crippen LogP contribution in [0.4, 0.5) is 11.6 Å². The topological polar surface area (TPSA) is 93.0 Å². The lowest BCUT2D eigenvalue weighted by Gasteiger charge is -2.34. The van der Waals surface area contributed by atoms with E-state index in [1.165, 1.54) is 57.9 Å². The maximum absolute atomic E-state index is 11.6. The molecule has 9 heteroatoms. The molecule has 0 bridgehead atoms. The van der Waals surface area contributed by atoms with Crippen molar-refractivity contribution in [3.63, 3.8) is 0 Å². The Hall–Kier alpha value is -2.52. The predicted octanol–water partition coefficient (Wildman–Crippen LogP) is 3.63. The van der Waals surface area contributed by atoms with Gasteiger partial charge in [0.05, 0.1) is 16.5 Å². The van der Waals surface area contributed by atoms with Crippen molar-refractivity contribution in [3.05, 3.63) is 36.7 Å². The van der Waals surface area contributed by atoms with E-state index in [1.54, 1.807) is 30.5 Å². The van der Waals surface area contributed by atoms with E-state index >= 15 is 0 Å². The molecule has 2 aromatic heterocycles. The van der Waals surface area contributed by atoms with E-state index in [1.807, 2.05) is 10.9 Å². The molecule has 0 spiro atoms. The van der Waals surface area contributed by atoms with Gasteiger partial charge in [0.2, 0.25) is 5.95 Å². The standard InChI is InChI=1S/C23H30N6O2S/c1-32(30,31)21-10-6-19(7-11-21)26-23-24-14-18-15-25-29(22(18)27-23)16-17-4-8-20(9-5-17)28-12-2-3-13-28/h6-7,10-11,14-15,17,20H,2-5,8-9,12-13,16H2,1H3,(H,24,26,27). The lowest BCUT2D eigenvalue weighted by molar-refractivity contribution is 0.156. The van der Waals surface area contributed by atoms with Gasteiger partial charge in [0.25, 0.3) is 0 Å². The smallest absolute Gasteiger partial charge is 0.229 e. The number of fused-ring (bicyclic) bond motifs is 1. The average molecular weight is 455 g/mol. The van der Waals surface area contributed by atoms with E-state index in [0.717, 1.165) is 29.3 Å². The Kier molecular flexibility index (Phi) is 5.86. The molecule has 0 amide bonds. The zero-order chi connectivity index (χ0) is 22.1. The second-order valence-electron chi connectivity index (χ2n) is 9.14. The van der Waals surface area contributed by atoms with E-state index in [4.69, 9.17) is 4.98 Å². The summed E-state index contributed by atoms with van der Waals surface area (Å²) in [5, 5.41) is 8.68. The summed E-state index contributed by atoms with van der Waals surface area (Å²) in [6, 6.07) is 7.38. The molecule has 0 atom stereocenters. The molecular weight excluding hydrogens is 424 g/mol. The number of benzene rings is 1. The summed E-state index contributed by atoms with van der Waals surface area (Å²) in [4.78, 5) is 12.1. The number of sulfone groups is 1. The Morgan fingerprint density at radius 1 is 1.03 bits per heavy atom. The summed E-state index contributed by atoms with van der Waals surface area (Å²) in [5.74, 6) is 1.11. The van der Waals surface area contributed by atoms with Gasteiger partial charge < -0.3 is 10.2 Å². The molecule has 1 saturated carbocycles. The van der Waals surface area contributed by atoms with E-state index < -0.39 is 9.84 Å². The molecule has 2 aliphatic rings. The van der Waals surface area contributed by atoms with Gasteiger partial charge >= 0.3 is 0 Å². The van der Waals surface area contributed by atoms with Crippen LogP contribution in [0.2, 0.25) is 0 Å². The highest BCUT2D eigenvalue weighted by atomic mass is 32.2. The number of hydrogen-bond acceptors (Lipinski definition) is 7. The van der Waals surface area contributed by atoms with E-state index in [-0.39, 0.29) is 4.90 Å². The Morgan fingerprint density at radius 2 is 1.75 bits per heavy atom. The van der Waals surface area contributed by atoms with Crippen molar-refractivity contribution in [3.8, 4) is 0 Å². The van der Waals surface area contributed by atoms with Gasteiger partial charge in [-0.15, -0.1) is 0 Å². The Balaban J connectivity index is 1.26. The first-order valence-corrected chi connectivity index (χ1v) is 13.3. The zero-order valence-electron chi connectivity index (χ0n) is 18.4. The molecule has 0 radical (unpaired) electrons. The summed E-state index contributed by atoms with van der Waals surface area (Å²) in [7, 11) is -3.22. The van der Waals surface area contributed by atoms with Gasteiger partial charge in [0.15, 0.2) is 15.5 Å². The summed E-state index contributed by atoms with van der Waals surface area (Å²) in [6.07, 6.45) is 12.6. The molecule has 5 rings (SSSR count). The second kappa shape index (κ2) is 8.78. The highest BCUT2D eigenvalue weighted by molar-refractivity contribution is 7.90. The van der Waals surface area contributed by atoms with Crippen LogP contribution < -0.4 is 5.32 Å². The fraction of sp³-hybridized carbons (Fsp3) is 0.522. The summed E-state index contributed by atoms with van der Waals surface area (Å²) < 4.78 is 25.3. The van der Waals surface area contributed by atoms with Crippen molar-refractivity contribution in [2.24, 2.45) is 5.92 Å². The van der Waals surface area contributed by atoms with Crippen molar-refractivity contribution in [2.75, 3.05) is 24.7 Å². The molecule has 1 saturated heterocycles. The first-order chi connectivity index (χ1) is 15.5. The van der Waals surface area contributed by atoms with Crippen LogP contribution in [0, 0.1) is 5.92 Å². The summed E-state index contributed by atoms with van der Waals surface area (Å²) in [6.45, 7) is 3.45. The third-order valence-electron chi connectivity index (χ3n) is 6.82. The predicted molar refractivity (Wildman–Crippen MR) is 125 cm³/mol. The number of rotatable bonds is 6. The number of hydrogen-bond donors (Lipinski definition) is 1. The van der Waals surface area contributed by atoms with Crippen molar-refractivity contribution < 1.29 is 8.42 Å². The zero-order valence-corrected chi connectivity index (χ0v) is 19.3. The number of aromatic nitrogens is 4. The highest BCUT2D eigenvalue weighted by Gasteiger charge is 2.28. The van der Waals surface area contributed by atoms with Gasteiger partial charge in [-0.3, -0.25) is 0 Å². The molecule has 2 fully saturated rings. The fourth-order valence-corrected chi connectivity index (χ4v) is 5.65. The first kappa shape index (κ1) is 21.3. The van der Waals surface area contributed by atoms with Gasteiger partial charge in [0.1, 0.15) is 0 Å². The second-order valence-corrected chi connectivity index (χ2v) is 11.2. The maximum Gasteiger partial charge on any atom is 0.229 e. The third-order valence-corrected chi connectivity index (χ3v) is 7.95. The van der Waals surface area contributed by atoms with Crippen LogP contribution in [-0.2, 0) is 16.4 Å². The molecule has 1 aliphatic carbocycles. The lowest BCUT2D eigenvalue weighted by Crippen LogP contribution is -2.36. The van der Waals surface area contributed by atoms with Crippen LogP contribution in [0.15, 0.2) is 41.6 Å². The van der Waals surface area contributed by atoms with Gasteiger partial charge in [-0.25, -0.2) is 18.1 Å². The van der Waals surface area contributed by atoms with Gasteiger partial charge in [-0.05, 0) is 81.8 Å². The number of nitrogens with zero attached hydrogens (tertiary/aromatic N) is 5. The first-order valence-electron chi connectivity index (χ1n) is 11.5. The quantitative estimate of drug-likeness (QED) is 0.608. The number of anilines is 2. The minimum absolute atomic E-state index is 0.289. The summed E-state index contributed by atoms with van der Waals surface area (Å²) in [5.41, 5.74) is 1.57. The minimum Gasteiger partial charge on any atom is -0.324 e. The minimum atomic E-state index is -3.22. The molecule has 170 valence electrons. The van der Waals surface area contributed by atoms with Crippen LogP contribution >= 0.6 is 0 Å². The molecule has 3 aromatic rings. The SMILES string of the molecule is CS(=O)(=O)c1ccc(Nc2ncc3cnn(CC4CCC(N5CCCC5)CC4)c3n2)cc1. The van der Waals surface area contributed by atoms with E-state index in [9.17, 15) is 8.42 Å². The van der Waals surface area contributed by atoms with Crippen LogP contribution in [0.1, 0.15) is 38.5 Å². The molecule has 0 unspecified atom stereocenters. The Labute approximate surface area is 189 Å². The Morgan fingerprint density at radius 3 is 2.44 bits per heavy atom. The largest absolute Gasteiger partial charge is 0.324 e. The third kappa shape index (κ3) is 4.63. The van der Waals surface area contributed by atoms with Gasteiger partial charge in [-0.1, -0.05) is 0 Å². The lowest BCUT2D eigenvalue weighted by atomic mass is 9.85. The normalized spacial score (nSPS) is 22.4. The van der Waals surface area contributed by atoms with Crippen molar-refractivity contribution >= 4 is 32.5 Å².